The zero-order valence-electron chi connectivity index (χ0n) is 9.85. The van der Waals surface area contributed by atoms with Gasteiger partial charge in [0.05, 0.1) is 25.5 Å². The van der Waals surface area contributed by atoms with E-state index in [1.807, 2.05) is 0 Å². The maximum atomic E-state index is 5.34. The molecule has 1 aromatic heterocycles. The first kappa shape index (κ1) is 13.0. The summed E-state index contributed by atoms with van der Waals surface area (Å²) in [5.74, 6) is 0. The molecule has 0 aliphatic rings. The lowest BCUT2D eigenvalue weighted by Crippen LogP contribution is -2.24. The summed E-state index contributed by atoms with van der Waals surface area (Å²) < 4.78 is 10.2. The fraction of sp³-hybridized carbons (Fsp3) is 0.636. The van der Waals surface area contributed by atoms with Crippen LogP contribution in [0.3, 0.4) is 0 Å². The first-order valence-electron chi connectivity index (χ1n) is 5.40. The predicted octanol–water partition coefficient (Wildman–Crippen LogP) is 0.790. The highest BCUT2D eigenvalue weighted by atomic mass is 16.5. The van der Waals surface area contributed by atoms with E-state index < -0.39 is 0 Å². The van der Waals surface area contributed by atoms with Gasteiger partial charge in [0.15, 0.2) is 0 Å². The highest BCUT2D eigenvalue weighted by Gasteiger charge is 2.04. The normalized spacial score (nSPS) is 12.6. The van der Waals surface area contributed by atoms with Gasteiger partial charge in [0, 0.05) is 38.3 Å². The molecule has 16 heavy (non-hydrogen) atoms. The number of nitrogens with one attached hydrogen (secondary N) is 1. The van der Waals surface area contributed by atoms with Crippen LogP contribution in [0.15, 0.2) is 18.6 Å². The first-order valence-corrected chi connectivity index (χ1v) is 5.40. The van der Waals surface area contributed by atoms with E-state index in [2.05, 4.69) is 22.2 Å². The Labute approximate surface area is 96.2 Å². The van der Waals surface area contributed by atoms with Gasteiger partial charge in [0.2, 0.25) is 0 Å². The standard InChI is InChI=1S/C11H19N3O2/c1-10(11-9-12-3-4-14-11)13-5-6-16-8-7-15-2/h3-4,9-10,13H,5-8H2,1-2H3. The zero-order chi connectivity index (χ0) is 11.6. The van der Waals surface area contributed by atoms with Gasteiger partial charge in [0.25, 0.3) is 0 Å². The number of hydrogen-bond acceptors (Lipinski definition) is 5. The molecule has 0 amide bonds. The molecule has 90 valence electrons. The lowest BCUT2D eigenvalue weighted by Gasteiger charge is -2.12. The number of ether oxygens (including phenoxy) is 2. The van der Waals surface area contributed by atoms with Crippen LogP contribution < -0.4 is 5.32 Å². The van der Waals surface area contributed by atoms with Crippen molar-refractivity contribution in [2.75, 3.05) is 33.5 Å². The van der Waals surface area contributed by atoms with E-state index in [0.29, 0.717) is 19.8 Å². The number of rotatable bonds is 8. The molecule has 0 aliphatic heterocycles. The molecule has 0 radical (unpaired) electrons. The van der Waals surface area contributed by atoms with Crippen LogP contribution in [0.2, 0.25) is 0 Å². The van der Waals surface area contributed by atoms with Crippen molar-refractivity contribution in [1.29, 1.82) is 0 Å². The van der Waals surface area contributed by atoms with E-state index in [1.165, 1.54) is 0 Å². The molecule has 0 bridgehead atoms. The van der Waals surface area contributed by atoms with Crippen molar-refractivity contribution in [2.45, 2.75) is 13.0 Å². The molecule has 0 aliphatic carbocycles. The van der Waals surface area contributed by atoms with E-state index in [9.17, 15) is 0 Å². The minimum atomic E-state index is 0.194. The Bertz CT molecular complexity index is 269. The summed E-state index contributed by atoms with van der Waals surface area (Å²) in [6, 6.07) is 0.194. The van der Waals surface area contributed by atoms with Gasteiger partial charge < -0.3 is 14.8 Å². The summed E-state index contributed by atoms with van der Waals surface area (Å²) in [6.07, 6.45) is 5.14. The molecular weight excluding hydrogens is 206 g/mol. The number of nitrogens with zero attached hydrogens (tertiary/aromatic N) is 2. The van der Waals surface area contributed by atoms with Gasteiger partial charge in [-0.25, -0.2) is 0 Å². The van der Waals surface area contributed by atoms with Crippen molar-refractivity contribution in [3.63, 3.8) is 0 Å². The zero-order valence-corrected chi connectivity index (χ0v) is 9.85. The summed E-state index contributed by atoms with van der Waals surface area (Å²) in [7, 11) is 1.66. The molecule has 1 rings (SSSR count). The minimum absolute atomic E-state index is 0.194. The van der Waals surface area contributed by atoms with E-state index in [-0.39, 0.29) is 6.04 Å². The fourth-order valence-corrected chi connectivity index (χ4v) is 1.23. The van der Waals surface area contributed by atoms with Gasteiger partial charge in [-0.2, -0.15) is 0 Å². The Hall–Kier alpha value is -1.04. The van der Waals surface area contributed by atoms with Gasteiger partial charge in [-0.05, 0) is 6.92 Å². The van der Waals surface area contributed by atoms with Crippen molar-refractivity contribution in [3.05, 3.63) is 24.3 Å². The van der Waals surface area contributed by atoms with Gasteiger partial charge in [0.1, 0.15) is 0 Å². The summed E-state index contributed by atoms with van der Waals surface area (Å²) in [6.45, 7) is 4.80. The molecule has 5 heteroatoms. The van der Waals surface area contributed by atoms with Gasteiger partial charge in [-0.3, -0.25) is 9.97 Å². The van der Waals surface area contributed by atoms with E-state index in [4.69, 9.17) is 9.47 Å². The topological polar surface area (TPSA) is 56.3 Å². The van der Waals surface area contributed by atoms with Crippen molar-refractivity contribution >= 4 is 0 Å². The highest BCUT2D eigenvalue weighted by Crippen LogP contribution is 2.05. The third kappa shape index (κ3) is 5.16. The van der Waals surface area contributed by atoms with Crippen molar-refractivity contribution < 1.29 is 9.47 Å². The molecule has 0 saturated heterocycles. The molecule has 1 heterocycles. The molecular formula is C11H19N3O2. The van der Waals surface area contributed by atoms with E-state index >= 15 is 0 Å². The smallest absolute Gasteiger partial charge is 0.0753 e. The van der Waals surface area contributed by atoms with Crippen molar-refractivity contribution in [3.8, 4) is 0 Å². The van der Waals surface area contributed by atoms with Crippen LogP contribution in [-0.2, 0) is 9.47 Å². The fourth-order valence-electron chi connectivity index (χ4n) is 1.23. The summed E-state index contributed by atoms with van der Waals surface area (Å²) in [4.78, 5) is 8.25. The van der Waals surface area contributed by atoms with Crippen LogP contribution in [0.25, 0.3) is 0 Å². The number of methoxy groups -OCH3 is 1. The van der Waals surface area contributed by atoms with Crippen molar-refractivity contribution in [2.24, 2.45) is 0 Å². The Morgan fingerprint density at radius 1 is 1.31 bits per heavy atom. The quantitative estimate of drug-likeness (QED) is 0.663. The average molecular weight is 225 g/mol. The number of aromatic nitrogens is 2. The molecule has 1 N–H and O–H groups in total. The maximum absolute atomic E-state index is 5.34. The molecule has 0 aromatic carbocycles. The van der Waals surface area contributed by atoms with Crippen LogP contribution >= 0.6 is 0 Å². The SMILES string of the molecule is COCCOCCNC(C)c1cnccn1. The summed E-state index contributed by atoms with van der Waals surface area (Å²) in [5, 5.41) is 3.31. The van der Waals surface area contributed by atoms with E-state index in [0.717, 1.165) is 12.2 Å². The first-order chi connectivity index (χ1) is 7.84. The molecule has 1 aromatic rings. The molecule has 0 spiro atoms. The molecule has 1 atom stereocenters. The summed E-state index contributed by atoms with van der Waals surface area (Å²) >= 11 is 0. The van der Waals surface area contributed by atoms with Crippen LogP contribution in [0, 0.1) is 0 Å². The van der Waals surface area contributed by atoms with Gasteiger partial charge in [-0.1, -0.05) is 0 Å². The molecule has 1 unspecified atom stereocenters. The van der Waals surface area contributed by atoms with Gasteiger partial charge >= 0.3 is 0 Å². The van der Waals surface area contributed by atoms with Crippen molar-refractivity contribution in [1.82, 2.24) is 15.3 Å². The Morgan fingerprint density at radius 2 is 2.19 bits per heavy atom. The molecule has 0 fully saturated rings. The lowest BCUT2D eigenvalue weighted by molar-refractivity contribution is 0.0712. The van der Waals surface area contributed by atoms with E-state index in [1.54, 1.807) is 25.7 Å². The Balaban J connectivity index is 2.09. The Morgan fingerprint density at radius 3 is 2.88 bits per heavy atom. The van der Waals surface area contributed by atoms with Crippen LogP contribution in [0.1, 0.15) is 18.7 Å². The molecule has 0 saturated carbocycles. The predicted molar refractivity (Wildman–Crippen MR) is 61.1 cm³/mol. The highest BCUT2D eigenvalue weighted by molar-refractivity contribution is 5.00. The molecule has 5 nitrogen and oxygen atoms in total. The van der Waals surface area contributed by atoms with Gasteiger partial charge in [-0.15, -0.1) is 0 Å². The lowest BCUT2D eigenvalue weighted by atomic mass is 10.2. The minimum Gasteiger partial charge on any atom is -0.382 e. The maximum Gasteiger partial charge on any atom is 0.0753 e. The number of hydrogen-bond donors (Lipinski definition) is 1. The third-order valence-corrected chi connectivity index (χ3v) is 2.16. The summed E-state index contributed by atoms with van der Waals surface area (Å²) in [5.41, 5.74) is 0.944. The third-order valence-electron chi connectivity index (χ3n) is 2.16. The van der Waals surface area contributed by atoms with Crippen LogP contribution in [-0.4, -0.2) is 43.4 Å². The Kier molecular flexibility index (Phi) is 6.64. The second kappa shape index (κ2) is 8.15. The van der Waals surface area contributed by atoms with Crippen LogP contribution in [0.5, 0.6) is 0 Å². The second-order valence-electron chi connectivity index (χ2n) is 3.41. The second-order valence-corrected chi connectivity index (χ2v) is 3.41. The average Bonchev–Trinajstić information content (AvgIpc) is 2.34. The largest absolute Gasteiger partial charge is 0.382 e. The monoisotopic (exact) mass is 225 g/mol. The van der Waals surface area contributed by atoms with Crippen LogP contribution in [0.4, 0.5) is 0 Å².